The van der Waals surface area contributed by atoms with E-state index in [1.165, 1.54) is 6.92 Å². The molecule has 3 amide bonds. The summed E-state index contributed by atoms with van der Waals surface area (Å²) in [6.45, 7) is 3.50. The van der Waals surface area contributed by atoms with Crippen LogP contribution in [0, 0.1) is 0 Å². The molecule has 0 spiro atoms. The van der Waals surface area contributed by atoms with Gasteiger partial charge in [-0.25, -0.2) is 4.79 Å². The minimum Gasteiger partial charge on any atom is -0.480 e. The molecular weight excluding hydrogens is 394 g/mol. The maximum atomic E-state index is 12.6. The minimum absolute atomic E-state index is 0.00850. The maximum absolute atomic E-state index is 12.6. The summed E-state index contributed by atoms with van der Waals surface area (Å²) in [6.07, 6.45) is 2.78. The van der Waals surface area contributed by atoms with E-state index in [1.54, 1.807) is 0 Å². The van der Waals surface area contributed by atoms with Gasteiger partial charge in [-0.1, -0.05) is 26.2 Å². The number of carboxylic acid groups (broad SMARTS) is 1. The zero-order valence-electron chi connectivity index (χ0n) is 17.9. The normalized spacial score (nSPS) is 14.8. The number of aliphatic hydroxyl groups is 1. The lowest BCUT2D eigenvalue weighted by atomic mass is 10.1. The number of aliphatic hydroxyl groups excluding tert-OH is 1. The van der Waals surface area contributed by atoms with Crippen LogP contribution in [0.3, 0.4) is 0 Å². The number of carboxylic acids is 1. The van der Waals surface area contributed by atoms with Crippen molar-refractivity contribution in [1.29, 1.82) is 0 Å². The van der Waals surface area contributed by atoms with Gasteiger partial charge in [0.05, 0.1) is 6.10 Å². The molecule has 0 fully saturated rings. The van der Waals surface area contributed by atoms with Gasteiger partial charge in [-0.05, 0) is 39.3 Å². The summed E-state index contributed by atoms with van der Waals surface area (Å²) in [6, 6.07) is -3.62. The van der Waals surface area contributed by atoms with Gasteiger partial charge in [-0.15, -0.1) is 0 Å². The van der Waals surface area contributed by atoms with Crippen molar-refractivity contribution in [3.63, 3.8) is 0 Å². The molecule has 0 aliphatic rings. The van der Waals surface area contributed by atoms with E-state index in [0.717, 1.165) is 19.3 Å². The van der Waals surface area contributed by atoms with E-state index in [1.807, 2.05) is 0 Å². The number of amides is 3. The number of nitrogens with one attached hydrogen (secondary N) is 3. The van der Waals surface area contributed by atoms with Crippen LogP contribution in [0.2, 0.25) is 0 Å². The highest BCUT2D eigenvalue weighted by Crippen LogP contribution is 2.04. The molecule has 30 heavy (non-hydrogen) atoms. The van der Waals surface area contributed by atoms with E-state index in [9.17, 15) is 24.3 Å². The molecule has 0 saturated carbocycles. The Morgan fingerprint density at radius 3 is 1.97 bits per heavy atom. The molecule has 0 heterocycles. The van der Waals surface area contributed by atoms with Gasteiger partial charge < -0.3 is 37.6 Å². The van der Waals surface area contributed by atoms with Crippen molar-refractivity contribution in [2.75, 3.05) is 13.1 Å². The van der Waals surface area contributed by atoms with E-state index in [4.69, 9.17) is 16.6 Å². The monoisotopic (exact) mass is 431 g/mol. The largest absolute Gasteiger partial charge is 0.480 e. The first-order chi connectivity index (χ1) is 14.2. The number of hydrogen-bond acceptors (Lipinski definition) is 7. The molecule has 0 aliphatic heterocycles. The Morgan fingerprint density at radius 2 is 1.47 bits per heavy atom. The third kappa shape index (κ3) is 11.1. The van der Waals surface area contributed by atoms with Crippen LogP contribution in [0.1, 0.15) is 58.8 Å². The molecule has 0 unspecified atom stereocenters. The summed E-state index contributed by atoms with van der Waals surface area (Å²) in [5.41, 5.74) is 10.9. The van der Waals surface area contributed by atoms with Gasteiger partial charge in [0, 0.05) is 6.42 Å². The third-order valence-electron chi connectivity index (χ3n) is 4.50. The zero-order chi connectivity index (χ0) is 23.1. The molecule has 9 N–H and O–H groups in total. The van der Waals surface area contributed by atoms with Crippen LogP contribution in [-0.2, 0) is 19.2 Å². The van der Waals surface area contributed by atoms with E-state index >= 15 is 0 Å². The van der Waals surface area contributed by atoms with Crippen molar-refractivity contribution >= 4 is 23.7 Å². The first kappa shape index (κ1) is 27.8. The molecular formula is C19H37N5O6. The second-order valence-electron chi connectivity index (χ2n) is 7.21. The minimum atomic E-state index is -1.40. The second-order valence-corrected chi connectivity index (χ2v) is 7.21. The number of nitrogens with two attached hydrogens (primary N) is 2. The lowest BCUT2D eigenvalue weighted by Gasteiger charge is -2.25. The Kier molecular flexibility index (Phi) is 14.4. The molecule has 174 valence electrons. The SMILES string of the molecule is CCCCCCC(=O)N[C@@H](CCN)C(=O)N[C@H](C(=O)N[C@H](CCN)C(=O)O)[C@@H](C)O. The van der Waals surface area contributed by atoms with Crippen molar-refractivity contribution in [1.82, 2.24) is 16.0 Å². The summed E-state index contributed by atoms with van der Waals surface area (Å²) in [5.74, 6) is -3.13. The van der Waals surface area contributed by atoms with Crippen LogP contribution in [0.25, 0.3) is 0 Å². The summed E-state index contributed by atoms with van der Waals surface area (Å²) in [5, 5.41) is 26.3. The number of carbonyl (C=O) groups is 4. The van der Waals surface area contributed by atoms with Crippen molar-refractivity contribution < 1.29 is 29.4 Å². The highest BCUT2D eigenvalue weighted by atomic mass is 16.4. The van der Waals surface area contributed by atoms with Crippen molar-refractivity contribution in [3.05, 3.63) is 0 Å². The maximum Gasteiger partial charge on any atom is 0.326 e. The van der Waals surface area contributed by atoms with Crippen molar-refractivity contribution in [2.24, 2.45) is 11.5 Å². The molecule has 11 heteroatoms. The Morgan fingerprint density at radius 1 is 0.867 bits per heavy atom. The van der Waals surface area contributed by atoms with Crippen LogP contribution in [0.15, 0.2) is 0 Å². The first-order valence-corrected chi connectivity index (χ1v) is 10.4. The molecule has 0 radical (unpaired) electrons. The van der Waals surface area contributed by atoms with Gasteiger partial charge >= 0.3 is 5.97 Å². The molecule has 0 bridgehead atoms. The standard InChI is InChI=1S/C19H37N5O6/c1-3-4-5-6-7-15(26)22-13(8-10-20)17(27)24-16(12(2)25)18(28)23-14(9-11-21)19(29)30/h12-14,16,25H,3-11,20-21H2,1-2H3,(H,22,26)(H,23,28)(H,24,27)(H,29,30)/t12-,13+,14-,16+/m1/s1. The predicted octanol–water partition coefficient (Wildman–Crippen LogP) is -1.43. The van der Waals surface area contributed by atoms with Crippen LogP contribution < -0.4 is 27.4 Å². The zero-order valence-corrected chi connectivity index (χ0v) is 17.9. The Bertz CT molecular complexity index is 558. The molecule has 0 aromatic heterocycles. The molecule has 0 aliphatic carbocycles. The van der Waals surface area contributed by atoms with E-state index < -0.39 is 42.0 Å². The molecule has 0 aromatic carbocycles. The van der Waals surface area contributed by atoms with E-state index in [0.29, 0.717) is 6.42 Å². The Balaban J connectivity index is 5.01. The summed E-state index contributed by atoms with van der Waals surface area (Å²) in [4.78, 5) is 48.3. The fraction of sp³-hybridized carbons (Fsp3) is 0.789. The lowest BCUT2D eigenvalue weighted by Crippen LogP contribution is -2.59. The number of hydrogen-bond donors (Lipinski definition) is 7. The van der Waals surface area contributed by atoms with Crippen LogP contribution in [0.4, 0.5) is 0 Å². The number of carbonyl (C=O) groups excluding carboxylic acids is 3. The number of rotatable bonds is 16. The van der Waals surface area contributed by atoms with E-state index in [2.05, 4.69) is 22.9 Å². The van der Waals surface area contributed by atoms with Gasteiger partial charge in [0.2, 0.25) is 17.7 Å². The van der Waals surface area contributed by atoms with Gasteiger partial charge in [0.1, 0.15) is 18.1 Å². The summed E-state index contributed by atoms with van der Waals surface area (Å²) < 4.78 is 0. The second kappa shape index (κ2) is 15.6. The lowest BCUT2D eigenvalue weighted by molar-refractivity contribution is -0.143. The average molecular weight is 432 g/mol. The quantitative estimate of drug-likeness (QED) is 0.144. The van der Waals surface area contributed by atoms with Crippen molar-refractivity contribution in [2.45, 2.75) is 83.0 Å². The Hall–Kier alpha value is -2.24. The number of unbranched alkanes of at least 4 members (excludes halogenated alkanes) is 3. The van der Waals surface area contributed by atoms with Crippen molar-refractivity contribution in [3.8, 4) is 0 Å². The summed E-state index contributed by atoms with van der Waals surface area (Å²) >= 11 is 0. The molecule has 0 saturated heterocycles. The summed E-state index contributed by atoms with van der Waals surface area (Å²) in [7, 11) is 0. The Labute approximate surface area is 177 Å². The van der Waals surface area contributed by atoms with Gasteiger partial charge in [0.15, 0.2) is 0 Å². The topological polar surface area (TPSA) is 197 Å². The average Bonchev–Trinajstić information content (AvgIpc) is 2.68. The third-order valence-corrected chi connectivity index (χ3v) is 4.50. The smallest absolute Gasteiger partial charge is 0.326 e. The predicted molar refractivity (Wildman–Crippen MR) is 111 cm³/mol. The van der Waals surface area contributed by atoms with Gasteiger partial charge in [0.25, 0.3) is 0 Å². The molecule has 0 aromatic rings. The molecule has 4 atom stereocenters. The molecule has 11 nitrogen and oxygen atoms in total. The van der Waals surface area contributed by atoms with Crippen LogP contribution in [-0.4, -0.2) is 71.2 Å². The van der Waals surface area contributed by atoms with Crippen LogP contribution >= 0.6 is 0 Å². The molecule has 0 rings (SSSR count). The number of aliphatic carboxylic acids is 1. The fourth-order valence-corrected chi connectivity index (χ4v) is 2.76. The van der Waals surface area contributed by atoms with Crippen LogP contribution in [0.5, 0.6) is 0 Å². The van der Waals surface area contributed by atoms with Gasteiger partial charge in [-0.3, -0.25) is 14.4 Å². The fourth-order valence-electron chi connectivity index (χ4n) is 2.76. The van der Waals surface area contributed by atoms with Gasteiger partial charge in [-0.2, -0.15) is 0 Å². The highest BCUT2D eigenvalue weighted by molar-refractivity contribution is 5.93. The highest BCUT2D eigenvalue weighted by Gasteiger charge is 2.31. The van der Waals surface area contributed by atoms with E-state index in [-0.39, 0.29) is 38.3 Å². The first-order valence-electron chi connectivity index (χ1n) is 10.4.